The smallest absolute Gasteiger partial charge is 0.239 e. The third-order valence-corrected chi connectivity index (χ3v) is 4.48. The number of amides is 1. The Bertz CT molecular complexity index is 289. The molecule has 1 N–H and O–H groups in total. The first-order valence-electron chi connectivity index (χ1n) is 7.32. The van der Waals surface area contributed by atoms with Crippen LogP contribution in [-0.4, -0.2) is 61.0 Å². The van der Waals surface area contributed by atoms with Gasteiger partial charge in [-0.3, -0.25) is 9.69 Å². The Balaban J connectivity index is 2.12. The van der Waals surface area contributed by atoms with Crippen LogP contribution in [0.1, 0.15) is 39.0 Å². The van der Waals surface area contributed by atoms with E-state index >= 15 is 0 Å². The van der Waals surface area contributed by atoms with Crippen molar-refractivity contribution in [3.05, 3.63) is 0 Å². The summed E-state index contributed by atoms with van der Waals surface area (Å²) >= 11 is 0. The lowest BCUT2D eigenvalue weighted by Gasteiger charge is -2.47. The van der Waals surface area contributed by atoms with E-state index in [1.807, 2.05) is 19.0 Å². The van der Waals surface area contributed by atoms with Crippen LogP contribution in [0, 0.1) is 0 Å². The van der Waals surface area contributed by atoms with Crippen molar-refractivity contribution in [2.45, 2.75) is 57.2 Å². The van der Waals surface area contributed by atoms with E-state index < -0.39 is 0 Å². The minimum Gasteiger partial charge on any atom is -0.343 e. The van der Waals surface area contributed by atoms with Gasteiger partial charge in [-0.05, 0) is 39.8 Å². The summed E-state index contributed by atoms with van der Waals surface area (Å²) in [6.45, 7) is 4.07. The van der Waals surface area contributed by atoms with E-state index in [4.69, 9.17) is 0 Å². The molecule has 1 saturated carbocycles. The second-order valence-electron chi connectivity index (χ2n) is 5.86. The zero-order valence-electron chi connectivity index (χ0n) is 12.0. The molecule has 0 spiro atoms. The lowest BCUT2D eigenvalue weighted by molar-refractivity contribution is -0.145. The van der Waals surface area contributed by atoms with Crippen molar-refractivity contribution < 1.29 is 4.79 Å². The third kappa shape index (κ3) is 2.69. The van der Waals surface area contributed by atoms with Crippen molar-refractivity contribution in [2.75, 3.05) is 27.2 Å². The van der Waals surface area contributed by atoms with Crippen molar-refractivity contribution in [2.24, 2.45) is 0 Å². The Hall–Kier alpha value is -0.610. The Morgan fingerprint density at radius 1 is 1.33 bits per heavy atom. The molecule has 2 unspecified atom stereocenters. The van der Waals surface area contributed by atoms with E-state index in [0.29, 0.717) is 18.0 Å². The largest absolute Gasteiger partial charge is 0.343 e. The highest BCUT2D eigenvalue weighted by Gasteiger charge is 2.40. The fourth-order valence-electron chi connectivity index (χ4n) is 3.64. The highest BCUT2D eigenvalue weighted by molar-refractivity contribution is 5.82. The van der Waals surface area contributed by atoms with Gasteiger partial charge in [0.1, 0.15) is 0 Å². The van der Waals surface area contributed by atoms with Crippen molar-refractivity contribution in [3.8, 4) is 0 Å². The molecule has 4 nitrogen and oxygen atoms in total. The summed E-state index contributed by atoms with van der Waals surface area (Å²) in [6, 6.07) is 1.23. The van der Waals surface area contributed by atoms with Crippen LogP contribution in [0.5, 0.6) is 0 Å². The zero-order chi connectivity index (χ0) is 13.1. The Morgan fingerprint density at radius 3 is 2.61 bits per heavy atom. The normalized spacial score (nSPS) is 31.3. The summed E-state index contributed by atoms with van der Waals surface area (Å²) in [7, 11) is 3.90. The lowest BCUT2D eigenvalue weighted by atomic mass is 9.99. The maximum atomic E-state index is 12.4. The van der Waals surface area contributed by atoms with Gasteiger partial charge >= 0.3 is 0 Å². The van der Waals surface area contributed by atoms with Crippen LogP contribution in [0.3, 0.4) is 0 Å². The monoisotopic (exact) mass is 253 g/mol. The first kappa shape index (κ1) is 13.8. The van der Waals surface area contributed by atoms with Gasteiger partial charge in [0, 0.05) is 25.7 Å². The minimum atomic E-state index is 0.0919. The molecule has 1 aliphatic carbocycles. The number of carbonyl (C=O) groups is 1. The molecule has 2 fully saturated rings. The minimum absolute atomic E-state index is 0.0919. The molecule has 2 atom stereocenters. The number of rotatable bonds is 4. The van der Waals surface area contributed by atoms with E-state index in [2.05, 4.69) is 17.1 Å². The molecule has 2 aliphatic rings. The van der Waals surface area contributed by atoms with Gasteiger partial charge < -0.3 is 10.2 Å². The molecule has 0 aromatic rings. The highest BCUT2D eigenvalue weighted by Crippen LogP contribution is 2.30. The van der Waals surface area contributed by atoms with E-state index in [0.717, 1.165) is 19.5 Å². The predicted octanol–water partition coefficient (Wildman–Crippen LogP) is 1.07. The van der Waals surface area contributed by atoms with Crippen molar-refractivity contribution in [3.63, 3.8) is 0 Å². The summed E-state index contributed by atoms with van der Waals surface area (Å²) in [5, 5.41) is 3.18. The molecule has 0 radical (unpaired) electrons. The number of nitrogens with one attached hydrogen (secondary N) is 1. The molecule has 1 amide bonds. The van der Waals surface area contributed by atoms with Gasteiger partial charge in [-0.25, -0.2) is 0 Å². The second kappa shape index (κ2) is 6.02. The number of hydrogen-bond acceptors (Lipinski definition) is 3. The fourth-order valence-corrected chi connectivity index (χ4v) is 3.64. The average Bonchev–Trinajstić information content (AvgIpc) is 2.85. The van der Waals surface area contributed by atoms with Crippen LogP contribution < -0.4 is 5.32 Å². The SMILES string of the molecule is CNCCC1C(=O)N(C)CC(C)N1C1CCCC1. The van der Waals surface area contributed by atoms with Crippen LogP contribution in [0.2, 0.25) is 0 Å². The van der Waals surface area contributed by atoms with E-state index in [1.54, 1.807) is 0 Å². The summed E-state index contributed by atoms with van der Waals surface area (Å²) < 4.78 is 0. The van der Waals surface area contributed by atoms with Gasteiger partial charge in [-0.15, -0.1) is 0 Å². The number of nitrogens with zero attached hydrogens (tertiary/aromatic N) is 2. The van der Waals surface area contributed by atoms with Crippen molar-refractivity contribution >= 4 is 5.91 Å². The fraction of sp³-hybridized carbons (Fsp3) is 0.929. The second-order valence-corrected chi connectivity index (χ2v) is 5.86. The molecule has 1 aliphatic heterocycles. The molecule has 1 heterocycles. The van der Waals surface area contributed by atoms with Crippen LogP contribution in [0.25, 0.3) is 0 Å². The summed E-state index contributed by atoms with van der Waals surface area (Å²) in [5.74, 6) is 0.315. The molecular formula is C14H27N3O. The van der Waals surface area contributed by atoms with Gasteiger partial charge in [-0.1, -0.05) is 12.8 Å². The summed E-state index contributed by atoms with van der Waals surface area (Å²) in [5.41, 5.74) is 0. The summed E-state index contributed by atoms with van der Waals surface area (Å²) in [6.07, 6.45) is 6.14. The molecule has 104 valence electrons. The molecule has 0 aromatic carbocycles. The average molecular weight is 253 g/mol. The van der Waals surface area contributed by atoms with E-state index in [9.17, 15) is 4.79 Å². The third-order valence-electron chi connectivity index (χ3n) is 4.48. The van der Waals surface area contributed by atoms with Gasteiger partial charge in [-0.2, -0.15) is 0 Å². The first-order valence-corrected chi connectivity index (χ1v) is 7.32. The topological polar surface area (TPSA) is 35.6 Å². The maximum Gasteiger partial charge on any atom is 0.239 e. The number of hydrogen-bond donors (Lipinski definition) is 1. The maximum absolute atomic E-state index is 12.4. The molecule has 18 heavy (non-hydrogen) atoms. The van der Waals surface area contributed by atoms with Crippen molar-refractivity contribution in [1.82, 2.24) is 15.1 Å². The van der Waals surface area contributed by atoms with Gasteiger partial charge in [0.05, 0.1) is 6.04 Å². The van der Waals surface area contributed by atoms with Gasteiger partial charge in [0.15, 0.2) is 0 Å². The van der Waals surface area contributed by atoms with E-state index in [1.165, 1.54) is 25.7 Å². The van der Waals surface area contributed by atoms with Crippen molar-refractivity contribution in [1.29, 1.82) is 0 Å². The molecule has 0 bridgehead atoms. The Labute approximate surface area is 111 Å². The zero-order valence-corrected chi connectivity index (χ0v) is 12.0. The van der Waals surface area contributed by atoms with Crippen LogP contribution in [0.4, 0.5) is 0 Å². The Morgan fingerprint density at radius 2 is 2.00 bits per heavy atom. The van der Waals surface area contributed by atoms with Crippen LogP contribution in [-0.2, 0) is 4.79 Å². The predicted molar refractivity (Wildman–Crippen MR) is 73.5 cm³/mol. The molecule has 0 aromatic heterocycles. The quantitative estimate of drug-likeness (QED) is 0.814. The summed E-state index contributed by atoms with van der Waals surface area (Å²) in [4.78, 5) is 16.8. The number of piperazine rings is 1. The molecular weight excluding hydrogens is 226 g/mol. The van der Waals surface area contributed by atoms with Gasteiger partial charge in [0.25, 0.3) is 0 Å². The number of carbonyl (C=O) groups excluding carboxylic acids is 1. The van der Waals surface area contributed by atoms with Crippen LogP contribution in [0.15, 0.2) is 0 Å². The number of likely N-dealkylation sites (N-methyl/N-ethyl adjacent to an activating group) is 1. The lowest BCUT2D eigenvalue weighted by Crippen LogP contribution is -2.62. The Kier molecular flexibility index (Phi) is 4.62. The standard InChI is InChI=1S/C14H27N3O/c1-11-10-16(3)14(18)13(8-9-15-2)17(11)12-6-4-5-7-12/h11-13,15H,4-10H2,1-3H3. The van der Waals surface area contributed by atoms with Gasteiger partial charge in [0.2, 0.25) is 5.91 Å². The molecule has 2 rings (SSSR count). The van der Waals surface area contributed by atoms with E-state index in [-0.39, 0.29) is 6.04 Å². The first-order chi connectivity index (χ1) is 8.65. The highest BCUT2D eigenvalue weighted by atomic mass is 16.2. The molecule has 1 saturated heterocycles. The molecule has 4 heteroatoms. The van der Waals surface area contributed by atoms with Crippen LogP contribution >= 0.6 is 0 Å².